The fourth-order valence-corrected chi connectivity index (χ4v) is 4.66. The van der Waals surface area contributed by atoms with Crippen LogP contribution in [0, 0.1) is 6.92 Å². The van der Waals surface area contributed by atoms with Gasteiger partial charge in [0.15, 0.2) is 0 Å². The van der Waals surface area contributed by atoms with Crippen molar-refractivity contribution in [2.75, 3.05) is 12.9 Å². The van der Waals surface area contributed by atoms with Gasteiger partial charge in [-0.3, -0.25) is 4.79 Å². The van der Waals surface area contributed by atoms with Crippen LogP contribution in [0.4, 0.5) is 0 Å². The smallest absolute Gasteiger partial charge is 0.329 e. The molecule has 0 N–H and O–H groups in total. The molecule has 1 amide bonds. The monoisotopic (exact) mass is 409 g/mol. The lowest BCUT2D eigenvalue weighted by Gasteiger charge is -2.29. The van der Waals surface area contributed by atoms with Gasteiger partial charge in [0.05, 0.1) is 17.2 Å². The number of halogens is 2. The molecule has 1 heterocycles. The number of carbonyl (C=O) groups excluding carboxylic acids is 2. The van der Waals surface area contributed by atoms with Crippen LogP contribution in [-0.4, -0.2) is 35.7 Å². The lowest BCUT2D eigenvalue weighted by molar-refractivity contribution is -0.145. The molecule has 3 rings (SSSR count). The molecule has 4 nitrogen and oxygen atoms in total. The molecule has 1 saturated heterocycles. The second-order valence-electron chi connectivity index (χ2n) is 5.93. The maximum Gasteiger partial charge on any atom is 0.329 e. The van der Waals surface area contributed by atoms with Crippen molar-refractivity contribution in [3.8, 4) is 0 Å². The van der Waals surface area contributed by atoms with E-state index in [0.717, 1.165) is 11.1 Å². The zero-order valence-corrected chi connectivity index (χ0v) is 16.6. The van der Waals surface area contributed by atoms with Gasteiger partial charge in [-0.1, -0.05) is 47.5 Å². The molecule has 0 aromatic heterocycles. The van der Waals surface area contributed by atoms with Crippen molar-refractivity contribution in [2.24, 2.45) is 0 Å². The van der Waals surface area contributed by atoms with Gasteiger partial charge in [0.2, 0.25) is 0 Å². The first kappa shape index (κ1) is 19.1. The Morgan fingerprint density at radius 3 is 2.54 bits per heavy atom. The third-order valence-corrected chi connectivity index (χ3v) is 6.37. The summed E-state index contributed by atoms with van der Waals surface area (Å²) in [6, 6.07) is 11.9. The Morgan fingerprint density at radius 2 is 1.88 bits per heavy atom. The van der Waals surface area contributed by atoms with Gasteiger partial charge in [-0.05, 0) is 36.2 Å². The van der Waals surface area contributed by atoms with Gasteiger partial charge in [-0.2, -0.15) is 0 Å². The minimum absolute atomic E-state index is 0.209. The number of hydrogen-bond donors (Lipinski definition) is 0. The Labute approximate surface area is 166 Å². The highest BCUT2D eigenvalue weighted by molar-refractivity contribution is 7.99. The number of nitrogens with zero attached hydrogens (tertiary/aromatic N) is 1. The second-order valence-corrected chi connectivity index (χ2v) is 7.85. The normalized spacial score (nSPS) is 19.5. The van der Waals surface area contributed by atoms with Crippen molar-refractivity contribution in [3.63, 3.8) is 0 Å². The number of ether oxygens (including phenoxy) is 1. The molecule has 0 saturated carbocycles. The first-order valence-corrected chi connectivity index (χ1v) is 9.77. The number of esters is 1. The van der Waals surface area contributed by atoms with Gasteiger partial charge in [0, 0.05) is 11.3 Å². The first-order valence-electron chi connectivity index (χ1n) is 7.96. The van der Waals surface area contributed by atoms with E-state index in [0.29, 0.717) is 21.4 Å². The van der Waals surface area contributed by atoms with Crippen LogP contribution in [0.25, 0.3) is 0 Å². The molecular formula is C19H17Cl2NO3S. The van der Waals surface area contributed by atoms with Crippen LogP contribution in [0.5, 0.6) is 0 Å². The quantitative estimate of drug-likeness (QED) is 0.687. The number of hydrogen-bond acceptors (Lipinski definition) is 4. The summed E-state index contributed by atoms with van der Waals surface area (Å²) in [7, 11) is 1.33. The summed E-state index contributed by atoms with van der Waals surface area (Å²) >= 11 is 13.7. The molecule has 1 fully saturated rings. The number of rotatable bonds is 3. The molecule has 2 aromatic carbocycles. The number of benzene rings is 2. The van der Waals surface area contributed by atoms with E-state index in [1.165, 1.54) is 18.9 Å². The Balaban J connectivity index is 2.03. The van der Waals surface area contributed by atoms with Crippen molar-refractivity contribution in [3.05, 3.63) is 69.2 Å². The highest BCUT2D eigenvalue weighted by Gasteiger charge is 2.43. The zero-order valence-electron chi connectivity index (χ0n) is 14.2. The Kier molecular flexibility index (Phi) is 5.80. The van der Waals surface area contributed by atoms with Crippen LogP contribution < -0.4 is 0 Å². The van der Waals surface area contributed by atoms with Crippen LogP contribution in [0.3, 0.4) is 0 Å². The standard InChI is InChI=1S/C19H17Cl2NO3S/c1-11-5-3-4-6-13(11)17(23)22-16(19(24)25-2)10-26-18(22)12-7-8-14(20)15(21)9-12/h3-9,16,18H,10H2,1-2H3. The van der Waals surface area contributed by atoms with E-state index < -0.39 is 12.0 Å². The molecule has 0 radical (unpaired) electrons. The maximum atomic E-state index is 13.3. The molecule has 0 aliphatic carbocycles. The van der Waals surface area contributed by atoms with Gasteiger partial charge in [-0.15, -0.1) is 11.8 Å². The zero-order chi connectivity index (χ0) is 18.8. The number of amides is 1. The van der Waals surface area contributed by atoms with Crippen LogP contribution in [-0.2, 0) is 9.53 Å². The summed E-state index contributed by atoms with van der Waals surface area (Å²) in [5.74, 6) is -0.184. The first-order chi connectivity index (χ1) is 12.4. The van der Waals surface area contributed by atoms with E-state index >= 15 is 0 Å². The molecule has 7 heteroatoms. The van der Waals surface area contributed by atoms with Gasteiger partial charge in [-0.25, -0.2) is 4.79 Å². The second kappa shape index (κ2) is 7.91. The Bertz CT molecular complexity index is 858. The third-order valence-electron chi connectivity index (χ3n) is 4.31. The molecule has 2 atom stereocenters. The molecule has 2 unspecified atom stereocenters. The Hall–Kier alpha value is -1.69. The molecule has 26 heavy (non-hydrogen) atoms. The molecule has 1 aliphatic rings. The SMILES string of the molecule is COC(=O)C1CSC(c2ccc(Cl)c(Cl)c2)N1C(=O)c1ccccc1C. The maximum absolute atomic E-state index is 13.3. The minimum Gasteiger partial charge on any atom is -0.467 e. The van der Waals surface area contributed by atoms with Crippen LogP contribution in [0.15, 0.2) is 42.5 Å². The van der Waals surface area contributed by atoms with E-state index in [4.69, 9.17) is 27.9 Å². The van der Waals surface area contributed by atoms with E-state index in [1.807, 2.05) is 31.2 Å². The average Bonchev–Trinajstić information content (AvgIpc) is 3.08. The summed E-state index contributed by atoms with van der Waals surface area (Å²) in [5, 5.41) is 0.510. The lowest BCUT2D eigenvalue weighted by atomic mass is 10.1. The fourth-order valence-electron chi connectivity index (χ4n) is 2.95. The minimum atomic E-state index is -0.656. The van der Waals surface area contributed by atoms with Gasteiger partial charge in [0.1, 0.15) is 11.4 Å². The van der Waals surface area contributed by atoms with Crippen LogP contribution >= 0.6 is 35.0 Å². The van der Waals surface area contributed by atoms with Crippen LogP contribution in [0.1, 0.15) is 26.9 Å². The summed E-state index contributed by atoms with van der Waals surface area (Å²) in [4.78, 5) is 27.1. The van der Waals surface area contributed by atoms with E-state index in [2.05, 4.69) is 0 Å². The van der Waals surface area contributed by atoms with Crippen molar-refractivity contribution in [2.45, 2.75) is 18.3 Å². The number of carbonyl (C=O) groups is 2. The molecule has 0 spiro atoms. The lowest BCUT2D eigenvalue weighted by Crippen LogP contribution is -2.43. The summed E-state index contributed by atoms with van der Waals surface area (Å²) in [6.07, 6.45) is 0. The predicted octanol–water partition coefficient (Wildman–Crippen LogP) is 4.73. The van der Waals surface area contributed by atoms with E-state index in [9.17, 15) is 9.59 Å². The average molecular weight is 410 g/mol. The predicted molar refractivity (Wildman–Crippen MR) is 105 cm³/mol. The summed E-state index contributed by atoms with van der Waals surface area (Å²) in [6.45, 7) is 1.87. The highest BCUT2D eigenvalue weighted by atomic mass is 35.5. The highest BCUT2D eigenvalue weighted by Crippen LogP contribution is 2.44. The molecule has 1 aliphatic heterocycles. The largest absolute Gasteiger partial charge is 0.467 e. The van der Waals surface area contributed by atoms with Gasteiger partial charge in [0.25, 0.3) is 5.91 Å². The van der Waals surface area contributed by atoms with Crippen molar-refractivity contribution in [1.82, 2.24) is 4.90 Å². The fraction of sp³-hybridized carbons (Fsp3) is 0.263. The molecule has 0 bridgehead atoms. The topological polar surface area (TPSA) is 46.6 Å². The van der Waals surface area contributed by atoms with E-state index in [-0.39, 0.29) is 11.3 Å². The third kappa shape index (κ3) is 3.56. The number of thioether (sulfide) groups is 1. The number of methoxy groups -OCH3 is 1. The molecule has 2 aromatic rings. The van der Waals surface area contributed by atoms with Crippen molar-refractivity contribution in [1.29, 1.82) is 0 Å². The molecule has 136 valence electrons. The van der Waals surface area contributed by atoms with Gasteiger partial charge < -0.3 is 9.64 Å². The summed E-state index contributed by atoms with van der Waals surface area (Å²) in [5.41, 5.74) is 2.23. The van der Waals surface area contributed by atoms with Gasteiger partial charge >= 0.3 is 5.97 Å². The Morgan fingerprint density at radius 1 is 1.15 bits per heavy atom. The summed E-state index contributed by atoms with van der Waals surface area (Å²) < 4.78 is 4.91. The van der Waals surface area contributed by atoms with Crippen molar-refractivity contribution < 1.29 is 14.3 Å². The van der Waals surface area contributed by atoms with Crippen molar-refractivity contribution >= 4 is 46.8 Å². The van der Waals surface area contributed by atoms with Crippen LogP contribution in [0.2, 0.25) is 10.0 Å². The number of aryl methyl sites for hydroxylation is 1. The molecular weight excluding hydrogens is 393 g/mol. The van der Waals surface area contributed by atoms with E-state index in [1.54, 1.807) is 23.1 Å².